The molecule has 13 heavy (non-hydrogen) atoms. The first kappa shape index (κ1) is 9.97. The number of nitrogens with one attached hydrogen (secondary N) is 1. The average Bonchev–Trinajstić information content (AvgIpc) is 2.03. The van der Waals surface area contributed by atoms with Gasteiger partial charge in [0.2, 0.25) is 0 Å². The zero-order valence-electron chi connectivity index (χ0n) is 6.85. The van der Waals surface area contributed by atoms with E-state index in [0.717, 1.165) is 6.07 Å². The van der Waals surface area contributed by atoms with Crippen molar-refractivity contribution >= 4 is 15.8 Å². The molecule has 0 atom stereocenters. The van der Waals surface area contributed by atoms with Crippen LogP contribution < -0.4 is 5.48 Å². The highest BCUT2D eigenvalue weighted by atomic mass is 32.2. The van der Waals surface area contributed by atoms with Gasteiger partial charge in [0.05, 0.1) is 10.6 Å². The van der Waals surface area contributed by atoms with E-state index in [2.05, 4.69) is 0 Å². The van der Waals surface area contributed by atoms with Gasteiger partial charge in [0.25, 0.3) is 10.1 Å². The molecule has 0 spiro atoms. The first-order chi connectivity index (χ1) is 5.95. The summed E-state index contributed by atoms with van der Waals surface area (Å²) in [5, 5.41) is 8.49. The molecular formula is C7H9NO4S. The third-order valence-electron chi connectivity index (χ3n) is 1.60. The maximum atomic E-state index is 10.8. The monoisotopic (exact) mass is 203 g/mol. The molecule has 0 fully saturated rings. The van der Waals surface area contributed by atoms with Gasteiger partial charge in [0.15, 0.2) is 0 Å². The van der Waals surface area contributed by atoms with E-state index in [1.54, 1.807) is 12.4 Å². The summed E-state index contributed by atoms with van der Waals surface area (Å²) in [4.78, 5) is -0.216. The van der Waals surface area contributed by atoms with Crippen molar-refractivity contribution in [2.75, 3.05) is 5.48 Å². The number of anilines is 1. The van der Waals surface area contributed by atoms with Crippen molar-refractivity contribution in [3.05, 3.63) is 23.8 Å². The van der Waals surface area contributed by atoms with Crippen LogP contribution in [0.5, 0.6) is 0 Å². The number of rotatable bonds is 2. The lowest BCUT2D eigenvalue weighted by atomic mass is 10.2. The van der Waals surface area contributed by atoms with Crippen molar-refractivity contribution in [1.82, 2.24) is 0 Å². The van der Waals surface area contributed by atoms with E-state index >= 15 is 0 Å². The Labute approximate surface area is 75.7 Å². The van der Waals surface area contributed by atoms with Crippen LogP contribution in [-0.2, 0) is 10.1 Å². The van der Waals surface area contributed by atoms with E-state index in [9.17, 15) is 8.42 Å². The number of hydrogen-bond acceptors (Lipinski definition) is 4. The summed E-state index contributed by atoms with van der Waals surface area (Å²) in [7, 11) is -4.22. The maximum Gasteiger partial charge on any atom is 0.294 e. The van der Waals surface area contributed by atoms with E-state index in [1.165, 1.54) is 12.1 Å². The molecule has 1 rings (SSSR count). The Balaban J connectivity index is 3.36. The number of aryl methyl sites for hydroxylation is 1. The lowest BCUT2D eigenvalue weighted by Gasteiger charge is -2.04. The van der Waals surface area contributed by atoms with Crippen LogP contribution in [-0.4, -0.2) is 18.2 Å². The van der Waals surface area contributed by atoms with Crippen LogP contribution in [0.15, 0.2) is 23.1 Å². The number of benzene rings is 1. The molecule has 6 heteroatoms. The fourth-order valence-electron chi connectivity index (χ4n) is 0.948. The van der Waals surface area contributed by atoms with E-state index in [1.807, 2.05) is 0 Å². The Bertz CT molecular complexity index is 413. The van der Waals surface area contributed by atoms with Crippen LogP contribution in [0.25, 0.3) is 0 Å². The van der Waals surface area contributed by atoms with Gasteiger partial charge in [0.1, 0.15) is 0 Å². The number of hydrogen-bond donors (Lipinski definition) is 3. The Morgan fingerprint density at radius 2 is 2.00 bits per heavy atom. The first-order valence-electron chi connectivity index (χ1n) is 3.43. The van der Waals surface area contributed by atoms with Crippen LogP contribution in [0.3, 0.4) is 0 Å². The van der Waals surface area contributed by atoms with Crippen LogP contribution in [0.2, 0.25) is 0 Å². The molecule has 0 saturated heterocycles. The van der Waals surface area contributed by atoms with Gasteiger partial charge in [-0.3, -0.25) is 15.2 Å². The molecule has 0 bridgehead atoms. The summed E-state index contributed by atoms with van der Waals surface area (Å²) in [6.45, 7) is 1.55. The van der Waals surface area contributed by atoms with Gasteiger partial charge in [-0.25, -0.2) is 0 Å². The Morgan fingerprint density at radius 1 is 1.38 bits per heavy atom. The van der Waals surface area contributed by atoms with E-state index in [4.69, 9.17) is 9.76 Å². The first-order valence-corrected chi connectivity index (χ1v) is 4.87. The minimum absolute atomic E-state index is 0.207. The highest BCUT2D eigenvalue weighted by Gasteiger charge is 2.13. The Morgan fingerprint density at radius 3 is 2.46 bits per heavy atom. The average molecular weight is 203 g/mol. The zero-order chi connectivity index (χ0) is 10.1. The maximum absolute atomic E-state index is 10.8. The van der Waals surface area contributed by atoms with Crippen LogP contribution in [0, 0.1) is 6.92 Å². The predicted octanol–water partition coefficient (Wildman–Crippen LogP) is 1.04. The summed E-state index contributed by atoms with van der Waals surface area (Å²) >= 11 is 0. The Hall–Kier alpha value is -1.11. The molecule has 0 aliphatic carbocycles. The molecule has 1 aromatic carbocycles. The van der Waals surface area contributed by atoms with Crippen molar-refractivity contribution in [1.29, 1.82) is 0 Å². The molecule has 5 nitrogen and oxygen atoms in total. The SMILES string of the molecule is Cc1ccc(NO)cc1S(=O)(=O)O. The third-order valence-corrected chi connectivity index (χ3v) is 2.59. The molecule has 0 aliphatic rings. The normalized spacial score (nSPS) is 11.3. The van der Waals surface area contributed by atoms with E-state index < -0.39 is 10.1 Å². The second kappa shape index (κ2) is 3.33. The molecule has 0 saturated carbocycles. The molecule has 0 radical (unpaired) electrons. The van der Waals surface area contributed by atoms with Crippen LogP contribution in [0.4, 0.5) is 5.69 Å². The molecule has 0 aliphatic heterocycles. The standard InChI is InChI=1S/C7H9NO4S/c1-5-2-3-6(8-9)4-7(5)13(10,11)12/h2-4,8-9H,1H3,(H,10,11,12). The molecule has 0 aromatic heterocycles. The largest absolute Gasteiger partial charge is 0.294 e. The topological polar surface area (TPSA) is 86.6 Å². The minimum Gasteiger partial charge on any atom is -0.291 e. The van der Waals surface area contributed by atoms with Crippen LogP contribution >= 0.6 is 0 Å². The van der Waals surface area contributed by atoms with Crippen LogP contribution in [0.1, 0.15) is 5.56 Å². The molecule has 0 heterocycles. The fourth-order valence-corrected chi connectivity index (χ4v) is 1.70. The van der Waals surface area contributed by atoms with Crippen molar-refractivity contribution in [3.8, 4) is 0 Å². The molecule has 0 amide bonds. The second-order valence-electron chi connectivity index (χ2n) is 2.57. The highest BCUT2D eigenvalue weighted by molar-refractivity contribution is 7.85. The quantitative estimate of drug-likeness (QED) is 0.494. The summed E-state index contributed by atoms with van der Waals surface area (Å²) in [5.41, 5.74) is 2.42. The lowest BCUT2D eigenvalue weighted by Crippen LogP contribution is -2.02. The molecular weight excluding hydrogens is 194 g/mol. The minimum atomic E-state index is -4.22. The Kier molecular flexibility index (Phi) is 2.55. The predicted molar refractivity (Wildman–Crippen MR) is 46.4 cm³/mol. The van der Waals surface area contributed by atoms with Crippen molar-refractivity contribution in [2.24, 2.45) is 0 Å². The van der Waals surface area contributed by atoms with Gasteiger partial charge < -0.3 is 0 Å². The summed E-state index contributed by atoms with van der Waals surface area (Å²) in [6, 6.07) is 4.11. The van der Waals surface area contributed by atoms with Gasteiger partial charge in [-0.15, -0.1) is 0 Å². The van der Waals surface area contributed by atoms with E-state index in [-0.39, 0.29) is 10.6 Å². The van der Waals surface area contributed by atoms with Gasteiger partial charge in [0, 0.05) is 0 Å². The third kappa shape index (κ3) is 2.18. The smallest absolute Gasteiger partial charge is 0.291 e. The molecule has 1 aromatic rings. The molecule has 72 valence electrons. The fraction of sp³-hybridized carbons (Fsp3) is 0.143. The van der Waals surface area contributed by atoms with Crippen molar-refractivity contribution < 1.29 is 18.2 Å². The zero-order valence-corrected chi connectivity index (χ0v) is 7.67. The second-order valence-corrected chi connectivity index (χ2v) is 3.96. The van der Waals surface area contributed by atoms with E-state index in [0.29, 0.717) is 5.56 Å². The van der Waals surface area contributed by atoms with Gasteiger partial charge in [-0.2, -0.15) is 8.42 Å². The summed E-state index contributed by atoms with van der Waals surface area (Å²) in [5.74, 6) is 0. The van der Waals surface area contributed by atoms with Gasteiger partial charge >= 0.3 is 0 Å². The summed E-state index contributed by atoms with van der Waals surface area (Å²) < 4.78 is 30.3. The summed E-state index contributed by atoms with van der Waals surface area (Å²) in [6.07, 6.45) is 0. The van der Waals surface area contributed by atoms with Crippen molar-refractivity contribution in [3.63, 3.8) is 0 Å². The molecule has 3 N–H and O–H groups in total. The highest BCUT2D eigenvalue weighted by Crippen LogP contribution is 2.19. The lowest BCUT2D eigenvalue weighted by molar-refractivity contribution is 0.388. The van der Waals surface area contributed by atoms with Gasteiger partial charge in [-0.1, -0.05) is 6.07 Å². The molecule has 0 unspecified atom stereocenters. The van der Waals surface area contributed by atoms with Gasteiger partial charge in [-0.05, 0) is 24.6 Å². The van der Waals surface area contributed by atoms with Crippen molar-refractivity contribution in [2.45, 2.75) is 11.8 Å².